The second-order valence-electron chi connectivity index (χ2n) is 4.69. The highest BCUT2D eigenvalue weighted by molar-refractivity contribution is 7.15. The van der Waals surface area contributed by atoms with E-state index >= 15 is 0 Å². The average molecular weight is 282 g/mol. The molecule has 0 aliphatic heterocycles. The molecule has 1 unspecified atom stereocenters. The first-order chi connectivity index (χ1) is 8.65. The van der Waals surface area contributed by atoms with Gasteiger partial charge in [0.2, 0.25) is 0 Å². The predicted octanol–water partition coefficient (Wildman–Crippen LogP) is 4.62. The summed E-state index contributed by atoms with van der Waals surface area (Å²) in [6, 6.07) is 9.07. The Hall–Kier alpha value is -0.900. The second-order valence-corrected chi connectivity index (χ2v) is 6.22. The summed E-state index contributed by atoms with van der Waals surface area (Å²) in [5.74, 6) is 0.264. The van der Waals surface area contributed by atoms with Crippen LogP contribution in [0.5, 0.6) is 0 Å². The summed E-state index contributed by atoms with van der Waals surface area (Å²) in [4.78, 5) is 2.29. The van der Waals surface area contributed by atoms with Crippen molar-refractivity contribution >= 4 is 22.9 Å². The topological polar surface area (TPSA) is 26.0 Å². The summed E-state index contributed by atoms with van der Waals surface area (Å²) in [5, 5.41) is 0.161. The molecule has 0 spiro atoms. The van der Waals surface area contributed by atoms with E-state index in [1.807, 2.05) is 6.07 Å². The van der Waals surface area contributed by atoms with Crippen molar-refractivity contribution in [2.45, 2.75) is 18.9 Å². The minimum absolute atomic E-state index is 0.152. The summed E-state index contributed by atoms with van der Waals surface area (Å²) >= 11 is 7.47. The molecule has 0 radical (unpaired) electrons. The van der Waals surface area contributed by atoms with Crippen LogP contribution in [0.3, 0.4) is 0 Å². The molecule has 1 atom stereocenters. The highest BCUT2D eigenvalue weighted by Crippen LogP contribution is 2.43. The lowest BCUT2D eigenvalue weighted by molar-refractivity contribution is 0.628. The van der Waals surface area contributed by atoms with Crippen molar-refractivity contribution in [2.24, 2.45) is 11.7 Å². The SMILES string of the molecule is NC(c1ccc(-c2ccc(F)c(Cl)c2)s1)C1CC1. The van der Waals surface area contributed by atoms with Crippen LogP contribution in [0, 0.1) is 11.7 Å². The Bertz CT molecular complexity index is 577. The molecular weight excluding hydrogens is 269 g/mol. The maximum Gasteiger partial charge on any atom is 0.141 e. The number of benzene rings is 1. The lowest BCUT2D eigenvalue weighted by Gasteiger charge is -2.06. The fourth-order valence-electron chi connectivity index (χ4n) is 2.02. The molecule has 18 heavy (non-hydrogen) atoms. The molecule has 1 aromatic heterocycles. The molecule has 1 aliphatic rings. The van der Waals surface area contributed by atoms with E-state index in [9.17, 15) is 4.39 Å². The molecular formula is C14H13ClFNS. The van der Waals surface area contributed by atoms with Crippen LogP contribution in [0.2, 0.25) is 5.02 Å². The third-order valence-corrected chi connectivity index (χ3v) is 4.81. The van der Waals surface area contributed by atoms with Crippen molar-refractivity contribution < 1.29 is 4.39 Å². The maximum absolute atomic E-state index is 13.1. The number of hydrogen-bond acceptors (Lipinski definition) is 2. The zero-order chi connectivity index (χ0) is 12.7. The third-order valence-electron chi connectivity index (χ3n) is 3.29. The zero-order valence-corrected chi connectivity index (χ0v) is 11.3. The number of nitrogens with two attached hydrogens (primary N) is 1. The quantitative estimate of drug-likeness (QED) is 0.873. The number of halogens is 2. The Balaban J connectivity index is 1.89. The Labute approximate surface area is 114 Å². The Morgan fingerprint density at radius 3 is 2.72 bits per heavy atom. The van der Waals surface area contributed by atoms with Gasteiger partial charge in [-0.25, -0.2) is 4.39 Å². The highest BCUT2D eigenvalue weighted by atomic mass is 35.5. The number of hydrogen-bond donors (Lipinski definition) is 1. The second kappa shape index (κ2) is 4.65. The third kappa shape index (κ3) is 2.30. The summed E-state index contributed by atoms with van der Waals surface area (Å²) in [7, 11) is 0. The standard InChI is InChI=1S/C14H13ClFNS/c15-10-7-9(3-4-11(10)16)12-5-6-13(18-12)14(17)8-1-2-8/h3-8,14H,1-2,17H2. The van der Waals surface area contributed by atoms with Crippen LogP contribution in [0.15, 0.2) is 30.3 Å². The van der Waals surface area contributed by atoms with Crippen molar-refractivity contribution in [1.82, 2.24) is 0 Å². The molecule has 1 saturated carbocycles. The minimum atomic E-state index is -0.383. The van der Waals surface area contributed by atoms with Crippen molar-refractivity contribution in [3.05, 3.63) is 46.0 Å². The molecule has 1 aromatic carbocycles. The van der Waals surface area contributed by atoms with Gasteiger partial charge in [0.1, 0.15) is 5.82 Å². The Kier molecular flexibility index (Phi) is 3.14. The molecule has 0 amide bonds. The molecule has 0 bridgehead atoms. The lowest BCUT2D eigenvalue weighted by atomic mass is 10.1. The molecule has 2 N–H and O–H groups in total. The highest BCUT2D eigenvalue weighted by Gasteiger charge is 2.30. The Morgan fingerprint density at radius 1 is 1.28 bits per heavy atom. The van der Waals surface area contributed by atoms with Gasteiger partial charge < -0.3 is 5.73 Å². The van der Waals surface area contributed by atoms with Gasteiger partial charge in [-0.2, -0.15) is 0 Å². The van der Waals surface area contributed by atoms with Gasteiger partial charge in [0.25, 0.3) is 0 Å². The summed E-state index contributed by atoms with van der Waals surface area (Å²) in [6.07, 6.45) is 2.47. The van der Waals surface area contributed by atoms with Crippen molar-refractivity contribution in [3.8, 4) is 10.4 Å². The van der Waals surface area contributed by atoms with Crippen LogP contribution < -0.4 is 5.73 Å². The van der Waals surface area contributed by atoms with Crippen molar-refractivity contribution in [1.29, 1.82) is 0 Å². The number of rotatable bonds is 3. The van der Waals surface area contributed by atoms with Gasteiger partial charge >= 0.3 is 0 Å². The first-order valence-corrected chi connectivity index (χ1v) is 7.15. The first-order valence-electron chi connectivity index (χ1n) is 5.96. The molecule has 3 rings (SSSR count). The smallest absolute Gasteiger partial charge is 0.141 e. The molecule has 1 nitrogen and oxygen atoms in total. The molecule has 1 aliphatic carbocycles. The van der Waals surface area contributed by atoms with Gasteiger partial charge in [-0.1, -0.05) is 17.7 Å². The van der Waals surface area contributed by atoms with E-state index in [4.69, 9.17) is 17.3 Å². The van der Waals surface area contributed by atoms with Crippen LogP contribution >= 0.6 is 22.9 Å². The Morgan fingerprint density at radius 2 is 2.06 bits per heavy atom. The van der Waals surface area contributed by atoms with E-state index in [1.54, 1.807) is 23.5 Å². The lowest BCUT2D eigenvalue weighted by Crippen LogP contribution is -2.10. The fraction of sp³-hybridized carbons (Fsp3) is 0.286. The van der Waals surface area contributed by atoms with E-state index in [0.717, 1.165) is 10.4 Å². The zero-order valence-electron chi connectivity index (χ0n) is 9.70. The fourth-order valence-corrected chi connectivity index (χ4v) is 3.30. The van der Waals surface area contributed by atoms with Gasteiger partial charge in [0.15, 0.2) is 0 Å². The summed E-state index contributed by atoms with van der Waals surface area (Å²) < 4.78 is 13.1. The average Bonchev–Trinajstić information content (AvgIpc) is 3.09. The number of thiophene rings is 1. The van der Waals surface area contributed by atoms with Gasteiger partial charge in [0, 0.05) is 15.8 Å². The normalized spacial score (nSPS) is 16.8. The van der Waals surface area contributed by atoms with Crippen LogP contribution in [0.4, 0.5) is 4.39 Å². The molecule has 1 heterocycles. The van der Waals surface area contributed by atoms with Crippen molar-refractivity contribution in [2.75, 3.05) is 0 Å². The van der Waals surface area contributed by atoms with Gasteiger partial charge in [-0.3, -0.25) is 0 Å². The molecule has 4 heteroatoms. The van der Waals surface area contributed by atoms with E-state index in [0.29, 0.717) is 5.92 Å². The monoisotopic (exact) mass is 281 g/mol. The van der Waals surface area contributed by atoms with Crippen molar-refractivity contribution in [3.63, 3.8) is 0 Å². The molecule has 2 aromatic rings. The summed E-state index contributed by atoms with van der Waals surface area (Å²) in [6.45, 7) is 0. The van der Waals surface area contributed by atoms with E-state index in [2.05, 4.69) is 6.07 Å². The summed E-state index contributed by atoms with van der Waals surface area (Å²) in [5.41, 5.74) is 7.12. The van der Waals surface area contributed by atoms with Crippen LogP contribution in [0.25, 0.3) is 10.4 Å². The van der Waals surface area contributed by atoms with Gasteiger partial charge in [-0.15, -0.1) is 11.3 Å². The molecule has 1 fully saturated rings. The van der Waals surface area contributed by atoms with E-state index in [-0.39, 0.29) is 16.9 Å². The molecule has 0 saturated heterocycles. The van der Waals surface area contributed by atoms with Gasteiger partial charge in [-0.05, 0) is 48.6 Å². The first kappa shape index (κ1) is 12.2. The maximum atomic E-state index is 13.1. The van der Waals surface area contributed by atoms with E-state index < -0.39 is 0 Å². The van der Waals surface area contributed by atoms with Crippen LogP contribution in [0.1, 0.15) is 23.8 Å². The minimum Gasteiger partial charge on any atom is -0.323 e. The van der Waals surface area contributed by atoms with Crippen LogP contribution in [-0.2, 0) is 0 Å². The van der Waals surface area contributed by atoms with E-state index in [1.165, 1.54) is 23.8 Å². The predicted molar refractivity (Wildman–Crippen MR) is 74.4 cm³/mol. The van der Waals surface area contributed by atoms with Gasteiger partial charge in [0.05, 0.1) is 5.02 Å². The largest absolute Gasteiger partial charge is 0.323 e. The molecule has 94 valence electrons. The van der Waals surface area contributed by atoms with Crippen LogP contribution in [-0.4, -0.2) is 0 Å².